The molecule has 0 aromatic carbocycles. The molecule has 0 amide bonds. The van der Waals surface area contributed by atoms with Crippen LogP contribution in [0.25, 0.3) is 0 Å². The number of hydrogen-bond acceptors (Lipinski definition) is 2. The molecule has 0 atom stereocenters. The number of aliphatic hydroxyl groups excluding tert-OH is 1. The molecule has 0 aliphatic rings. The van der Waals surface area contributed by atoms with Gasteiger partial charge in [-0.05, 0) is 0 Å². The Morgan fingerprint density at radius 3 is 1.67 bits per heavy atom. The third-order valence-corrected chi connectivity index (χ3v) is 6.32. The molecular formula is C14H30CaO3-2. The van der Waals surface area contributed by atoms with E-state index in [-0.39, 0.29) is 5.48 Å². The van der Waals surface area contributed by atoms with E-state index in [1.165, 1.54) is 66.7 Å². The summed E-state index contributed by atoms with van der Waals surface area (Å²) in [6, 6.07) is 0. The van der Waals surface area contributed by atoms with Crippen molar-refractivity contribution in [1.82, 2.24) is 0 Å². The Kier molecular flexibility index (Phi) is 21.6. The van der Waals surface area contributed by atoms with Crippen molar-refractivity contribution in [3.63, 3.8) is 0 Å². The van der Waals surface area contributed by atoms with Crippen LogP contribution in [0.2, 0.25) is 5.04 Å². The maximum atomic E-state index is 8.72. The second-order valence-corrected chi connectivity index (χ2v) is 8.27. The van der Waals surface area contributed by atoms with Gasteiger partial charge in [0.1, 0.15) is 0 Å². The minimum atomic E-state index is -1.02. The topological polar surface area (TPSA) is 69.0 Å². The number of aliphatic hydroxyl groups is 2. The summed E-state index contributed by atoms with van der Waals surface area (Å²) < 4.78 is 2.06. The van der Waals surface area contributed by atoms with Gasteiger partial charge >= 0.3 is 127 Å². The van der Waals surface area contributed by atoms with Gasteiger partial charge in [0.15, 0.2) is 0 Å². The molecule has 0 radical (unpaired) electrons. The van der Waals surface area contributed by atoms with Crippen LogP contribution in [0.3, 0.4) is 0 Å². The first-order chi connectivity index (χ1) is 8.27. The van der Waals surface area contributed by atoms with Gasteiger partial charge in [-0.1, -0.05) is 0 Å². The van der Waals surface area contributed by atoms with Crippen molar-refractivity contribution in [3.8, 4) is 0 Å². The Hall–Kier alpha value is 1.14. The van der Waals surface area contributed by atoms with Crippen LogP contribution in [0.15, 0.2) is 0 Å². The Morgan fingerprint density at radius 1 is 0.778 bits per heavy atom. The van der Waals surface area contributed by atoms with Crippen molar-refractivity contribution in [2.24, 2.45) is 0 Å². The third-order valence-electron chi connectivity index (χ3n) is 3.32. The standard InChI is InChI=1S/C12H25.C2H5O2.Ca.O/c1-3-5-7-9-11-12-10-8-6-4-2;1-2(3)4;;/h1,3-12H2,2H3;2-4H,1H2;;/q;;;-2. The predicted octanol–water partition coefficient (Wildman–Crippen LogP) is 3.64. The van der Waals surface area contributed by atoms with Gasteiger partial charge in [-0.3, -0.25) is 0 Å². The quantitative estimate of drug-likeness (QED) is 0.308. The largest absolute Gasteiger partial charge is 2.00 e. The molecule has 0 heterocycles. The minimum Gasteiger partial charge on any atom is -2.00 e. The Morgan fingerprint density at radius 2 is 1.22 bits per heavy atom. The fraction of sp³-hybridized carbons (Fsp3) is 1.00. The molecule has 0 aromatic rings. The minimum absolute atomic E-state index is 0. The fourth-order valence-electron chi connectivity index (χ4n) is 2.17. The molecule has 0 spiro atoms. The van der Waals surface area contributed by atoms with E-state index in [2.05, 4.69) is 6.92 Å². The average Bonchev–Trinajstić information content (AvgIpc) is 2.30. The van der Waals surface area contributed by atoms with Crippen molar-refractivity contribution >= 4 is 33.8 Å². The molecule has 18 heavy (non-hydrogen) atoms. The molecule has 0 aromatic heterocycles. The SMILES string of the molecule is CCCCCCCCCCC[CH2][Ca][CH2]C(O)O.[O-2]. The van der Waals surface area contributed by atoms with Crippen LogP contribution >= 0.6 is 0 Å². The monoisotopic (exact) mass is 286 g/mol. The van der Waals surface area contributed by atoms with Gasteiger partial charge in [0.05, 0.1) is 0 Å². The molecule has 0 aliphatic carbocycles. The van der Waals surface area contributed by atoms with E-state index >= 15 is 0 Å². The molecule has 0 fully saturated rings. The third kappa shape index (κ3) is 19.5. The smallest absolute Gasteiger partial charge is 2.00 e. The van der Waals surface area contributed by atoms with E-state index in [1.54, 1.807) is 0 Å². The normalized spacial score (nSPS) is 10.2. The van der Waals surface area contributed by atoms with Crippen LogP contribution in [-0.4, -0.2) is 50.3 Å². The molecule has 0 saturated carbocycles. The fourth-order valence-corrected chi connectivity index (χ4v) is 4.29. The zero-order chi connectivity index (χ0) is 12.8. The molecule has 108 valence electrons. The molecule has 0 bridgehead atoms. The summed E-state index contributed by atoms with van der Waals surface area (Å²) in [5.74, 6) is 0. The molecule has 3 nitrogen and oxygen atoms in total. The van der Waals surface area contributed by atoms with Gasteiger partial charge < -0.3 is 5.48 Å². The second-order valence-electron chi connectivity index (χ2n) is 5.16. The van der Waals surface area contributed by atoms with E-state index < -0.39 is 40.1 Å². The van der Waals surface area contributed by atoms with Crippen LogP contribution < -0.4 is 0 Å². The second kappa shape index (κ2) is 18.1. The zero-order valence-corrected chi connectivity index (χ0v) is 14.3. The summed E-state index contributed by atoms with van der Waals surface area (Å²) >= 11 is -0.590. The molecular weight excluding hydrogens is 256 g/mol. The van der Waals surface area contributed by atoms with E-state index in [4.69, 9.17) is 10.2 Å². The molecule has 2 N–H and O–H groups in total. The summed E-state index contributed by atoms with van der Waals surface area (Å²) in [6.45, 7) is 2.26. The number of rotatable bonds is 13. The summed E-state index contributed by atoms with van der Waals surface area (Å²) in [6.07, 6.45) is 12.9. The number of hydrogen-bond donors (Lipinski definition) is 2. The summed E-state index contributed by atoms with van der Waals surface area (Å²) in [4.78, 5) is 0. The maximum absolute atomic E-state index is 8.72. The first kappa shape index (κ1) is 21.4. The van der Waals surface area contributed by atoms with Crippen LogP contribution in [0.5, 0.6) is 0 Å². The van der Waals surface area contributed by atoms with Crippen molar-refractivity contribution in [2.45, 2.75) is 82.5 Å². The van der Waals surface area contributed by atoms with E-state index in [9.17, 15) is 0 Å². The first-order valence-electron chi connectivity index (χ1n) is 7.63. The first-order valence-corrected chi connectivity index (χ1v) is 10.8. The summed E-state index contributed by atoms with van der Waals surface area (Å²) in [5.41, 5.74) is 0. The maximum Gasteiger partial charge on any atom is -2.00 e. The van der Waals surface area contributed by atoms with Crippen molar-refractivity contribution in [1.29, 1.82) is 0 Å². The van der Waals surface area contributed by atoms with Crippen LogP contribution in [-0.2, 0) is 5.48 Å². The Balaban J connectivity index is 0. The average molecular weight is 286 g/mol. The Labute approximate surface area is 131 Å². The van der Waals surface area contributed by atoms with Gasteiger partial charge in [0, 0.05) is 0 Å². The van der Waals surface area contributed by atoms with Gasteiger partial charge in [0.25, 0.3) is 0 Å². The summed E-state index contributed by atoms with van der Waals surface area (Å²) in [7, 11) is 0. The van der Waals surface area contributed by atoms with Crippen LogP contribution in [0.4, 0.5) is 0 Å². The predicted molar refractivity (Wildman–Crippen MR) is 76.1 cm³/mol. The van der Waals surface area contributed by atoms with Crippen LogP contribution in [0, 0.1) is 0 Å². The van der Waals surface area contributed by atoms with Gasteiger partial charge in [-0.15, -0.1) is 0 Å². The van der Waals surface area contributed by atoms with E-state index in [0.29, 0.717) is 0 Å². The van der Waals surface area contributed by atoms with E-state index in [0.717, 1.165) is 2.52 Å². The molecule has 0 aliphatic heterocycles. The van der Waals surface area contributed by atoms with E-state index in [1.807, 2.05) is 0 Å². The van der Waals surface area contributed by atoms with Crippen molar-refractivity contribution < 1.29 is 15.7 Å². The Bertz CT molecular complexity index is 143. The van der Waals surface area contributed by atoms with Crippen molar-refractivity contribution in [3.05, 3.63) is 0 Å². The number of unbranched alkanes of at least 4 members (excludes halogenated alkanes) is 9. The van der Waals surface area contributed by atoms with Crippen LogP contribution in [0.1, 0.15) is 71.1 Å². The van der Waals surface area contributed by atoms with Crippen molar-refractivity contribution in [2.75, 3.05) is 0 Å². The summed E-state index contributed by atoms with van der Waals surface area (Å²) in [5, 5.41) is 17.4. The molecule has 0 saturated heterocycles. The van der Waals surface area contributed by atoms with Gasteiger partial charge in [0.2, 0.25) is 0 Å². The molecule has 0 rings (SSSR count). The molecule has 0 unspecified atom stereocenters. The van der Waals surface area contributed by atoms with Gasteiger partial charge in [-0.25, -0.2) is 0 Å². The molecule has 4 heteroatoms. The van der Waals surface area contributed by atoms with Gasteiger partial charge in [-0.2, -0.15) is 0 Å². The zero-order valence-electron chi connectivity index (χ0n) is 12.1.